The molecule has 0 bridgehead atoms. The molecule has 1 fully saturated rings. The van der Waals surface area contributed by atoms with Crippen molar-refractivity contribution >= 4 is 23.2 Å². The van der Waals surface area contributed by atoms with Crippen LogP contribution in [0, 0.1) is 12.8 Å². The summed E-state index contributed by atoms with van der Waals surface area (Å²) in [5.74, 6) is -0.828. The molecule has 3 aromatic rings. The molecule has 1 aliphatic carbocycles. The normalized spacial score (nSPS) is 15.5. The van der Waals surface area contributed by atoms with Crippen molar-refractivity contribution in [3.8, 4) is 11.1 Å². The van der Waals surface area contributed by atoms with Gasteiger partial charge in [0.2, 0.25) is 0 Å². The number of thiazole rings is 1. The van der Waals surface area contributed by atoms with E-state index in [4.69, 9.17) is 9.47 Å². The maximum absolute atomic E-state index is 13.2. The predicted octanol–water partition coefficient (Wildman–Crippen LogP) is 6.57. The van der Waals surface area contributed by atoms with E-state index in [0.717, 1.165) is 45.9 Å². The van der Waals surface area contributed by atoms with Crippen LogP contribution in [0.4, 0.5) is 0 Å². The van der Waals surface area contributed by atoms with Crippen LogP contribution >= 0.6 is 11.3 Å². The van der Waals surface area contributed by atoms with Crippen LogP contribution in [0.1, 0.15) is 77.4 Å². The van der Waals surface area contributed by atoms with Gasteiger partial charge in [-0.15, -0.1) is 11.3 Å². The van der Waals surface area contributed by atoms with Gasteiger partial charge in [0, 0.05) is 18.9 Å². The minimum absolute atomic E-state index is 0.0188. The van der Waals surface area contributed by atoms with E-state index in [1.54, 1.807) is 17.4 Å². The quantitative estimate of drug-likeness (QED) is 0.250. The average Bonchev–Trinajstić information content (AvgIpc) is 3.48. The van der Waals surface area contributed by atoms with Gasteiger partial charge >= 0.3 is 5.97 Å². The molecule has 39 heavy (non-hydrogen) atoms. The highest BCUT2D eigenvalue weighted by molar-refractivity contribution is 7.09. The summed E-state index contributed by atoms with van der Waals surface area (Å²) in [4.78, 5) is 30.3. The van der Waals surface area contributed by atoms with E-state index in [0.29, 0.717) is 12.2 Å². The van der Waals surface area contributed by atoms with Gasteiger partial charge in [0.25, 0.3) is 5.91 Å². The number of hydrogen-bond acceptors (Lipinski definition) is 6. The van der Waals surface area contributed by atoms with Crippen LogP contribution in [-0.2, 0) is 20.9 Å². The van der Waals surface area contributed by atoms with Crippen LogP contribution in [-0.4, -0.2) is 41.7 Å². The van der Waals surface area contributed by atoms with Gasteiger partial charge in [0.15, 0.2) is 6.04 Å². The number of aliphatic carboxylic acids is 1. The number of benzene rings is 2. The molecule has 2 atom stereocenters. The fraction of sp³-hybridized carbons (Fsp3) is 0.452. The molecule has 0 saturated heterocycles. The molecule has 8 heteroatoms. The first kappa shape index (κ1) is 28.9. The zero-order valence-corrected chi connectivity index (χ0v) is 23.5. The van der Waals surface area contributed by atoms with Gasteiger partial charge in [0.1, 0.15) is 0 Å². The second kappa shape index (κ2) is 14.4. The SMILES string of the molecule is COC[C@H](NC(=O)c1ccc(COC(CCC2CCCCC2)c2cncs2)cc1-c1ccccc1C)C(=O)O. The lowest BCUT2D eigenvalue weighted by atomic mass is 9.85. The van der Waals surface area contributed by atoms with Gasteiger partial charge < -0.3 is 19.9 Å². The number of carboxylic acid groups (broad SMARTS) is 1. The molecule has 4 rings (SSSR count). The number of aromatic nitrogens is 1. The largest absolute Gasteiger partial charge is 0.480 e. The third-order valence-electron chi connectivity index (χ3n) is 7.48. The summed E-state index contributed by atoms with van der Waals surface area (Å²) in [6.07, 6.45) is 10.6. The van der Waals surface area contributed by atoms with Gasteiger partial charge in [0.05, 0.1) is 29.7 Å². The lowest BCUT2D eigenvalue weighted by Gasteiger charge is -2.24. The maximum atomic E-state index is 13.2. The summed E-state index contributed by atoms with van der Waals surface area (Å²) in [5.41, 5.74) is 5.88. The maximum Gasteiger partial charge on any atom is 0.328 e. The van der Waals surface area contributed by atoms with E-state index in [2.05, 4.69) is 10.3 Å². The Balaban J connectivity index is 1.55. The summed E-state index contributed by atoms with van der Waals surface area (Å²) < 4.78 is 11.5. The Morgan fingerprint density at radius 2 is 1.92 bits per heavy atom. The highest BCUT2D eigenvalue weighted by Gasteiger charge is 2.24. The fourth-order valence-electron chi connectivity index (χ4n) is 5.31. The number of carbonyl (C=O) groups is 2. The molecule has 1 saturated carbocycles. The Morgan fingerprint density at radius 3 is 2.62 bits per heavy atom. The highest BCUT2D eigenvalue weighted by Crippen LogP contribution is 2.34. The first-order valence-electron chi connectivity index (χ1n) is 13.7. The summed E-state index contributed by atoms with van der Waals surface area (Å²) in [7, 11) is 1.41. The summed E-state index contributed by atoms with van der Waals surface area (Å²) >= 11 is 1.63. The highest BCUT2D eigenvalue weighted by atomic mass is 32.1. The van der Waals surface area contributed by atoms with Gasteiger partial charge in [-0.2, -0.15) is 0 Å². The molecule has 2 aromatic carbocycles. The number of carboxylic acids is 1. The molecule has 0 aliphatic heterocycles. The molecule has 0 radical (unpaired) electrons. The Kier molecular flexibility index (Phi) is 10.6. The molecular weight excluding hydrogens is 512 g/mol. The number of nitrogens with one attached hydrogen (secondary N) is 1. The lowest BCUT2D eigenvalue weighted by Crippen LogP contribution is -2.44. The van der Waals surface area contributed by atoms with Gasteiger partial charge in [-0.25, -0.2) is 4.79 Å². The third kappa shape index (κ3) is 7.97. The monoisotopic (exact) mass is 550 g/mol. The number of rotatable bonds is 13. The predicted molar refractivity (Wildman–Crippen MR) is 153 cm³/mol. The van der Waals surface area contributed by atoms with Crippen molar-refractivity contribution in [2.24, 2.45) is 5.92 Å². The first-order chi connectivity index (χ1) is 19.0. The zero-order chi connectivity index (χ0) is 27.6. The summed E-state index contributed by atoms with van der Waals surface area (Å²) in [5, 5.41) is 12.1. The number of nitrogens with zero attached hydrogens (tertiary/aromatic N) is 1. The van der Waals surface area contributed by atoms with Crippen LogP contribution < -0.4 is 5.32 Å². The number of amides is 1. The van der Waals surface area contributed by atoms with Crippen LogP contribution in [0.2, 0.25) is 0 Å². The Morgan fingerprint density at radius 1 is 1.13 bits per heavy atom. The Labute approximate surface area is 234 Å². The molecule has 1 aliphatic rings. The van der Waals surface area contributed by atoms with Crippen molar-refractivity contribution in [1.82, 2.24) is 10.3 Å². The number of carbonyl (C=O) groups excluding carboxylic acids is 1. The molecule has 1 unspecified atom stereocenters. The number of ether oxygens (including phenoxy) is 2. The molecule has 1 amide bonds. The van der Waals surface area contributed by atoms with E-state index in [1.165, 1.54) is 39.2 Å². The summed E-state index contributed by atoms with van der Waals surface area (Å²) in [6.45, 7) is 2.28. The van der Waals surface area contributed by atoms with Gasteiger partial charge in [-0.05, 0) is 60.1 Å². The van der Waals surface area contributed by atoms with Gasteiger partial charge in [-0.1, -0.05) is 62.4 Å². The topological polar surface area (TPSA) is 97.8 Å². The zero-order valence-electron chi connectivity index (χ0n) is 22.7. The number of hydrogen-bond donors (Lipinski definition) is 2. The standard InChI is InChI=1S/C31H38N2O5S/c1-21-8-6-7-11-24(21)26-16-23(12-14-25(26)30(34)33-27(19-37-2)31(35)36)18-38-28(29-17-32-20-39-29)15-13-22-9-4-3-5-10-22/h6-8,11-12,14,16-17,20,22,27-28H,3-5,9-10,13,15,18-19H2,1-2H3,(H,33,34)(H,35,36)/t27-,28?/m0/s1. The van der Waals surface area contributed by atoms with Crippen molar-refractivity contribution in [3.05, 3.63) is 75.7 Å². The van der Waals surface area contributed by atoms with Crippen LogP contribution in [0.3, 0.4) is 0 Å². The van der Waals surface area contributed by atoms with E-state index < -0.39 is 17.9 Å². The number of aryl methyl sites for hydroxylation is 1. The fourth-order valence-corrected chi connectivity index (χ4v) is 6.01. The molecule has 7 nitrogen and oxygen atoms in total. The average molecular weight is 551 g/mol. The molecule has 1 aromatic heterocycles. The minimum Gasteiger partial charge on any atom is -0.480 e. The van der Waals surface area contributed by atoms with Crippen molar-refractivity contribution in [3.63, 3.8) is 0 Å². The lowest BCUT2D eigenvalue weighted by molar-refractivity contribution is -0.140. The molecular formula is C31H38N2O5S. The van der Waals surface area contributed by atoms with Gasteiger partial charge in [-0.3, -0.25) is 9.78 Å². The molecule has 2 N–H and O–H groups in total. The first-order valence-corrected chi connectivity index (χ1v) is 14.6. The van der Waals surface area contributed by atoms with E-state index in [9.17, 15) is 14.7 Å². The van der Waals surface area contributed by atoms with Crippen LogP contribution in [0.5, 0.6) is 0 Å². The molecule has 1 heterocycles. The van der Waals surface area contributed by atoms with E-state index in [-0.39, 0.29) is 12.7 Å². The van der Waals surface area contributed by atoms with Crippen LogP contribution in [0.15, 0.2) is 54.2 Å². The second-order valence-corrected chi connectivity index (χ2v) is 11.2. The van der Waals surface area contributed by atoms with Crippen molar-refractivity contribution in [1.29, 1.82) is 0 Å². The Bertz CT molecular complexity index is 1220. The molecule has 208 valence electrons. The van der Waals surface area contributed by atoms with Crippen molar-refractivity contribution < 1.29 is 24.2 Å². The van der Waals surface area contributed by atoms with Crippen LogP contribution in [0.25, 0.3) is 11.1 Å². The Hall–Kier alpha value is -3.07. The molecule has 0 spiro atoms. The van der Waals surface area contributed by atoms with E-state index in [1.807, 2.05) is 55.0 Å². The van der Waals surface area contributed by atoms with Crippen molar-refractivity contribution in [2.75, 3.05) is 13.7 Å². The number of methoxy groups -OCH3 is 1. The smallest absolute Gasteiger partial charge is 0.328 e. The minimum atomic E-state index is -1.14. The van der Waals surface area contributed by atoms with Crippen molar-refractivity contribution in [2.45, 2.75) is 70.6 Å². The third-order valence-corrected chi connectivity index (χ3v) is 8.35. The second-order valence-electron chi connectivity index (χ2n) is 10.3. The van der Waals surface area contributed by atoms with E-state index >= 15 is 0 Å². The summed E-state index contributed by atoms with van der Waals surface area (Å²) in [6, 6.07) is 12.3.